The van der Waals surface area contributed by atoms with Gasteiger partial charge in [-0.25, -0.2) is 0 Å². The molecule has 1 aromatic heterocycles. The van der Waals surface area contributed by atoms with Crippen molar-refractivity contribution in [2.24, 2.45) is 12.0 Å². The van der Waals surface area contributed by atoms with Crippen LogP contribution in [0.5, 0.6) is 5.75 Å². The van der Waals surface area contributed by atoms with Crippen molar-refractivity contribution >= 4 is 35.6 Å². The standard InChI is InChI=1S/C20H30N6O.HI/c1-15-17(16(2)24(4)23-15)9-10-22-20(21-3)26-13-11-25(12-14-26)18-7-5-6-8-19(18)27;/h5-8,27H,9-14H2,1-4H3,(H,21,22);1H. The second-order valence-corrected chi connectivity index (χ2v) is 6.96. The molecular weight excluding hydrogens is 467 g/mol. The Balaban J connectivity index is 0.00000280. The van der Waals surface area contributed by atoms with E-state index in [4.69, 9.17) is 0 Å². The summed E-state index contributed by atoms with van der Waals surface area (Å²) in [5.74, 6) is 1.28. The topological polar surface area (TPSA) is 68.9 Å². The largest absolute Gasteiger partial charge is 0.506 e. The van der Waals surface area contributed by atoms with Gasteiger partial charge in [-0.05, 0) is 38.0 Å². The van der Waals surface area contributed by atoms with Crippen LogP contribution in [-0.4, -0.2) is 65.5 Å². The van der Waals surface area contributed by atoms with Gasteiger partial charge in [0.05, 0.1) is 11.4 Å². The summed E-state index contributed by atoms with van der Waals surface area (Å²) in [4.78, 5) is 8.95. The van der Waals surface area contributed by atoms with E-state index in [0.29, 0.717) is 5.75 Å². The lowest BCUT2D eigenvalue weighted by Crippen LogP contribution is -2.52. The molecule has 0 bridgehead atoms. The number of guanidine groups is 1. The van der Waals surface area contributed by atoms with Gasteiger partial charge in [-0.15, -0.1) is 24.0 Å². The van der Waals surface area contributed by atoms with Crippen LogP contribution in [0.15, 0.2) is 29.3 Å². The van der Waals surface area contributed by atoms with E-state index in [0.717, 1.165) is 56.5 Å². The second kappa shape index (κ2) is 9.99. The summed E-state index contributed by atoms with van der Waals surface area (Å²) in [5.41, 5.74) is 4.54. The molecular formula is C20H31IN6O. The van der Waals surface area contributed by atoms with Crippen molar-refractivity contribution in [1.82, 2.24) is 20.0 Å². The zero-order valence-corrected chi connectivity index (χ0v) is 19.5. The zero-order valence-electron chi connectivity index (χ0n) is 17.1. The van der Waals surface area contributed by atoms with Crippen molar-refractivity contribution in [1.29, 1.82) is 0 Å². The van der Waals surface area contributed by atoms with Crippen molar-refractivity contribution in [3.8, 4) is 5.75 Å². The van der Waals surface area contributed by atoms with Gasteiger partial charge in [0.1, 0.15) is 5.75 Å². The molecule has 0 radical (unpaired) electrons. The first kappa shape index (κ1) is 22.3. The molecule has 3 rings (SSSR count). The fourth-order valence-electron chi connectivity index (χ4n) is 3.70. The number of aromatic hydroxyl groups is 1. The molecule has 1 aromatic carbocycles. The van der Waals surface area contributed by atoms with Crippen LogP contribution in [-0.2, 0) is 13.5 Å². The van der Waals surface area contributed by atoms with Crippen molar-refractivity contribution in [3.63, 3.8) is 0 Å². The molecule has 0 atom stereocenters. The fourth-order valence-corrected chi connectivity index (χ4v) is 3.70. The Morgan fingerprint density at radius 2 is 1.86 bits per heavy atom. The normalized spacial score (nSPS) is 14.8. The number of anilines is 1. The lowest BCUT2D eigenvalue weighted by molar-refractivity contribution is 0.370. The summed E-state index contributed by atoms with van der Waals surface area (Å²) in [6.07, 6.45) is 0.933. The van der Waals surface area contributed by atoms with Crippen LogP contribution in [0, 0.1) is 13.8 Å². The first-order chi connectivity index (χ1) is 13.0. The molecule has 154 valence electrons. The van der Waals surface area contributed by atoms with Gasteiger partial charge in [0, 0.05) is 52.5 Å². The maximum absolute atomic E-state index is 10.1. The molecule has 28 heavy (non-hydrogen) atoms. The maximum atomic E-state index is 10.1. The van der Waals surface area contributed by atoms with Crippen LogP contribution in [0.1, 0.15) is 17.0 Å². The third-order valence-corrected chi connectivity index (χ3v) is 5.33. The molecule has 1 fully saturated rings. The Hall–Kier alpha value is -1.97. The number of phenols is 1. The van der Waals surface area contributed by atoms with Crippen molar-refractivity contribution < 1.29 is 5.11 Å². The highest BCUT2D eigenvalue weighted by Crippen LogP contribution is 2.27. The Bertz CT molecular complexity index is 811. The quantitative estimate of drug-likeness (QED) is 0.385. The molecule has 0 aliphatic carbocycles. The van der Waals surface area contributed by atoms with Crippen LogP contribution in [0.2, 0.25) is 0 Å². The van der Waals surface area contributed by atoms with Gasteiger partial charge in [-0.2, -0.15) is 5.10 Å². The van der Waals surface area contributed by atoms with Crippen LogP contribution in [0.4, 0.5) is 5.69 Å². The Kier molecular flexibility index (Phi) is 7.97. The van der Waals surface area contributed by atoms with E-state index in [2.05, 4.69) is 39.1 Å². The molecule has 2 N–H and O–H groups in total. The molecule has 2 aromatic rings. The van der Waals surface area contributed by atoms with Gasteiger partial charge in [-0.1, -0.05) is 12.1 Å². The molecule has 1 saturated heterocycles. The fraction of sp³-hybridized carbons (Fsp3) is 0.500. The van der Waals surface area contributed by atoms with Crippen LogP contribution < -0.4 is 10.2 Å². The van der Waals surface area contributed by atoms with Crippen molar-refractivity contribution in [2.45, 2.75) is 20.3 Å². The number of phenolic OH excluding ortho intramolecular Hbond substituents is 1. The first-order valence-corrected chi connectivity index (χ1v) is 9.49. The number of aromatic nitrogens is 2. The van der Waals surface area contributed by atoms with Gasteiger partial charge < -0.3 is 20.2 Å². The van der Waals surface area contributed by atoms with Gasteiger partial charge in [-0.3, -0.25) is 9.67 Å². The van der Waals surface area contributed by atoms with Crippen LogP contribution in [0.25, 0.3) is 0 Å². The first-order valence-electron chi connectivity index (χ1n) is 9.49. The zero-order chi connectivity index (χ0) is 19.4. The Morgan fingerprint density at radius 1 is 1.18 bits per heavy atom. The monoisotopic (exact) mass is 498 g/mol. The van der Waals surface area contributed by atoms with E-state index in [9.17, 15) is 5.11 Å². The summed E-state index contributed by atoms with van der Waals surface area (Å²) in [6.45, 7) is 8.48. The number of para-hydroxylation sites is 2. The highest BCUT2D eigenvalue weighted by atomic mass is 127. The van der Waals surface area contributed by atoms with Gasteiger partial charge in [0.15, 0.2) is 5.96 Å². The number of hydrogen-bond donors (Lipinski definition) is 2. The molecule has 1 aliphatic rings. The van der Waals surface area contributed by atoms with Gasteiger partial charge in [0.2, 0.25) is 0 Å². The molecule has 8 heteroatoms. The Labute approximate surface area is 184 Å². The summed E-state index contributed by atoms with van der Waals surface area (Å²) in [6, 6.07) is 7.53. The van der Waals surface area contributed by atoms with Crippen LogP contribution in [0.3, 0.4) is 0 Å². The van der Waals surface area contributed by atoms with E-state index in [1.54, 1.807) is 6.07 Å². The number of rotatable bonds is 4. The highest BCUT2D eigenvalue weighted by molar-refractivity contribution is 14.0. The van der Waals surface area contributed by atoms with Crippen LogP contribution >= 0.6 is 24.0 Å². The number of aryl methyl sites for hydroxylation is 2. The number of piperazine rings is 1. The average Bonchev–Trinajstić information content (AvgIpc) is 2.92. The number of nitrogens with one attached hydrogen (secondary N) is 1. The summed E-state index contributed by atoms with van der Waals surface area (Å²) >= 11 is 0. The van der Waals surface area contributed by atoms with E-state index in [1.807, 2.05) is 37.0 Å². The molecule has 0 amide bonds. The number of aliphatic imine (C=N–C) groups is 1. The Morgan fingerprint density at radius 3 is 2.43 bits per heavy atom. The minimum absolute atomic E-state index is 0. The molecule has 7 nitrogen and oxygen atoms in total. The second-order valence-electron chi connectivity index (χ2n) is 6.96. The maximum Gasteiger partial charge on any atom is 0.193 e. The molecule has 0 saturated carbocycles. The minimum Gasteiger partial charge on any atom is -0.506 e. The number of benzene rings is 1. The third kappa shape index (κ3) is 4.89. The molecule has 0 unspecified atom stereocenters. The van der Waals surface area contributed by atoms with E-state index < -0.39 is 0 Å². The van der Waals surface area contributed by atoms with Crippen molar-refractivity contribution in [3.05, 3.63) is 41.2 Å². The molecule has 2 heterocycles. The lowest BCUT2D eigenvalue weighted by Gasteiger charge is -2.37. The smallest absolute Gasteiger partial charge is 0.193 e. The van der Waals surface area contributed by atoms with Gasteiger partial charge >= 0.3 is 0 Å². The minimum atomic E-state index is 0. The van der Waals surface area contributed by atoms with Gasteiger partial charge in [0.25, 0.3) is 0 Å². The third-order valence-electron chi connectivity index (χ3n) is 5.33. The number of hydrogen-bond acceptors (Lipinski definition) is 4. The van der Waals surface area contributed by atoms with Crippen molar-refractivity contribution in [2.75, 3.05) is 44.7 Å². The lowest BCUT2D eigenvalue weighted by atomic mass is 10.1. The van der Waals surface area contributed by atoms with E-state index in [1.165, 1.54) is 11.3 Å². The molecule has 1 aliphatic heterocycles. The van der Waals surface area contributed by atoms with E-state index in [-0.39, 0.29) is 24.0 Å². The summed E-state index contributed by atoms with van der Waals surface area (Å²) in [5, 5.41) is 18.0. The predicted molar refractivity (Wildman–Crippen MR) is 125 cm³/mol. The predicted octanol–water partition coefficient (Wildman–Crippen LogP) is 2.30. The van der Waals surface area contributed by atoms with E-state index >= 15 is 0 Å². The summed E-state index contributed by atoms with van der Waals surface area (Å²) < 4.78 is 1.94. The number of nitrogens with zero attached hydrogens (tertiary/aromatic N) is 5. The average molecular weight is 498 g/mol. The molecule has 0 spiro atoms. The number of halogens is 1. The highest BCUT2D eigenvalue weighted by Gasteiger charge is 2.21. The SMILES string of the molecule is CN=C(NCCc1c(C)nn(C)c1C)N1CCN(c2ccccc2O)CC1.I. The summed E-state index contributed by atoms with van der Waals surface area (Å²) in [7, 11) is 3.82.